The van der Waals surface area contributed by atoms with Crippen molar-refractivity contribution in [3.63, 3.8) is 0 Å². The predicted octanol–water partition coefficient (Wildman–Crippen LogP) is 5.03. The number of halogens is 1. The van der Waals surface area contributed by atoms with Crippen LogP contribution in [0.15, 0.2) is 47.5 Å². The summed E-state index contributed by atoms with van der Waals surface area (Å²) in [5.41, 5.74) is 8.41. The van der Waals surface area contributed by atoms with Crippen LogP contribution in [-0.4, -0.2) is 11.7 Å². The van der Waals surface area contributed by atoms with Crippen LogP contribution in [0, 0.1) is 11.7 Å². The lowest BCUT2D eigenvalue weighted by atomic mass is 10.1. The first-order valence-electron chi connectivity index (χ1n) is 9.10. The van der Waals surface area contributed by atoms with E-state index in [1.807, 2.05) is 30.3 Å². The lowest BCUT2D eigenvalue weighted by Gasteiger charge is -2.28. The van der Waals surface area contributed by atoms with E-state index in [0.29, 0.717) is 41.3 Å². The van der Waals surface area contributed by atoms with E-state index in [2.05, 4.69) is 18.8 Å². The SMILES string of the molecule is CC(C)CCN=C(N)SCc1cc(F)cc2c1O[C@@H](c1ccccc1)OC2. The van der Waals surface area contributed by atoms with Crippen LogP contribution in [0.4, 0.5) is 4.39 Å². The van der Waals surface area contributed by atoms with Gasteiger partial charge in [-0.2, -0.15) is 0 Å². The topological polar surface area (TPSA) is 56.8 Å². The summed E-state index contributed by atoms with van der Waals surface area (Å²) in [4.78, 5) is 4.37. The van der Waals surface area contributed by atoms with Crippen LogP contribution in [0.25, 0.3) is 0 Å². The number of aliphatic imine (C=N–C) groups is 1. The van der Waals surface area contributed by atoms with Gasteiger partial charge in [0.25, 0.3) is 0 Å². The Hall–Kier alpha value is -2.05. The number of hydrogen-bond acceptors (Lipinski definition) is 4. The van der Waals surface area contributed by atoms with Crippen molar-refractivity contribution < 1.29 is 13.9 Å². The zero-order valence-electron chi connectivity index (χ0n) is 15.7. The van der Waals surface area contributed by atoms with Crippen LogP contribution in [0.3, 0.4) is 0 Å². The first-order valence-corrected chi connectivity index (χ1v) is 10.1. The third-order valence-corrected chi connectivity index (χ3v) is 5.12. The van der Waals surface area contributed by atoms with Gasteiger partial charge in [0.05, 0.1) is 6.61 Å². The molecule has 0 aliphatic carbocycles. The van der Waals surface area contributed by atoms with Gasteiger partial charge >= 0.3 is 0 Å². The minimum atomic E-state index is -0.495. The fourth-order valence-corrected chi connectivity index (χ4v) is 3.49. The number of thioether (sulfide) groups is 1. The quantitative estimate of drug-likeness (QED) is 0.557. The maximum atomic E-state index is 14.0. The smallest absolute Gasteiger partial charge is 0.227 e. The molecule has 1 atom stereocenters. The van der Waals surface area contributed by atoms with E-state index in [1.165, 1.54) is 23.9 Å². The summed E-state index contributed by atoms with van der Waals surface area (Å²) < 4.78 is 25.8. The molecule has 6 heteroatoms. The van der Waals surface area contributed by atoms with Crippen LogP contribution in [0.5, 0.6) is 5.75 Å². The maximum absolute atomic E-state index is 14.0. The number of rotatable bonds is 6. The predicted molar refractivity (Wildman–Crippen MR) is 108 cm³/mol. The lowest BCUT2D eigenvalue weighted by Crippen LogP contribution is -2.19. The summed E-state index contributed by atoms with van der Waals surface area (Å²) >= 11 is 1.40. The Labute approximate surface area is 164 Å². The molecule has 1 aliphatic rings. The zero-order chi connectivity index (χ0) is 19.2. The van der Waals surface area contributed by atoms with Crippen LogP contribution >= 0.6 is 11.8 Å². The Morgan fingerprint density at radius 1 is 1.30 bits per heavy atom. The summed E-state index contributed by atoms with van der Waals surface area (Å²) in [6.45, 7) is 5.32. The van der Waals surface area contributed by atoms with Gasteiger partial charge in [-0.3, -0.25) is 4.99 Å². The average molecular weight is 389 g/mol. The Bertz CT molecular complexity index is 796. The molecule has 0 saturated carbocycles. The Kier molecular flexibility index (Phi) is 6.74. The van der Waals surface area contributed by atoms with Crippen molar-refractivity contribution in [2.75, 3.05) is 6.54 Å². The van der Waals surface area contributed by atoms with E-state index in [-0.39, 0.29) is 5.82 Å². The van der Waals surface area contributed by atoms with E-state index in [0.717, 1.165) is 17.5 Å². The minimum Gasteiger partial charge on any atom is -0.460 e. The van der Waals surface area contributed by atoms with Gasteiger partial charge in [0, 0.05) is 29.0 Å². The molecule has 0 aromatic heterocycles. The largest absolute Gasteiger partial charge is 0.460 e. The molecule has 0 amide bonds. The van der Waals surface area contributed by atoms with Crippen LogP contribution < -0.4 is 10.5 Å². The molecule has 0 bridgehead atoms. The molecule has 0 saturated heterocycles. The zero-order valence-corrected chi connectivity index (χ0v) is 16.5. The first kappa shape index (κ1) is 19.7. The molecular weight excluding hydrogens is 363 g/mol. The third kappa shape index (κ3) is 5.47. The van der Waals surface area contributed by atoms with Crippen molar-refractivity contribution in [1.29, 1.82) is 0 Å². The second kappa shape index (κ2) is 9.24. The number of amidine groups is 1. The third-order valence-electron chi connectivity index (χ3n) is 4.24. The second-order valence-electron chi connectivity index (χ2n) is 6.92. The van der Waals surface area contributed by atoms with Crippen molar-refractivity contribution in [2.24, 2.45) is 16.6 Å². The standard InChI is InChI=1S/C21H25FN2O2S/c1-14(2)8-9-24-21(23)27-13-17-11-18(22)10-16-12-25-20(26-19(16)17)15-6-4-3-5-7-15/h3-7,10-11,14,20H,8-9,12-13H2,1-2H3,(H2,23,24)/t20-/m0/s1. The van der Waals surface area contributed by atoms with Gasteiger partial charge in [0.15, 0.2) is 5.17 Å². The molecule has 2 aromatic carbocycles. The molecule has 144 valence electrons. The van der Waals surface area contributed by atoms with Crippen molar-refractivity contribution in [2.45, 2.75) is 38.9 Å². The molecule has 0 unspecified atom stereocenters. The van der Waals surface area contributed by atoms with Gasteiger partial charge < -0.3 is 15.2 Å². The Morgan fingerprint density at radius 3 is 2.81 bits per heavy atom. The lowest BCUT2D eigenvalue weighted by molar-refractivity contribution is -0.112. The first-order chi connectivity index (χ1) is 13.0. The molecule has 2 aromatic rings. The Balaban J connectivity index is 1.72. The molecule has 0 fully saturated rings. The summed E-state index contributed by atoms with van der Waals surface area (Å²) in [7, 11) is 0. The van der Waals surface area contributed by atoms with Gasteiger partial charge in [-0.15, -0.1) is 0 Å². The van der Waals surface area contributed by atoms with Gasteiger partial charge in [-0.25, -0.2) is 4.39 Å². The molecule has 27 heavy (non-hydrogen) atoms. The molecule has 1 aliphatic heterocycles. The molecular formula is C21H25FN2O2S. The highest BCUT2D eigenvalue weighted by atomic mass is 32.2. The van der Waals surface area contributed by atoms with Gasteiger partial charge in [0.2, 0.25) is 6.29 Å². The average Bonchev–Trinajstić information content (AvgIpc) is 2.66. The van der Waals surface area contributed by atoms with E-state index in [9.17, 15) is 4.39 Å². The van der Waals surface area contributed by atoms with Gasteiger partial charge in [-0.1, -0.05) is 55.9 Å². The monoisotopic (exact) mass is 388 g/mol. The summed E-state index contributed by atoms with van der Waals surface area (Å²) in [6.07, 6.45) is 0.500. The fraction of sp³-hybridized carbons (Fsp3) is 0.381. The van der Waals surface area contributed by atoms with Crippen LogP contribution in [0.2, 0.25) is 0 Å². The number of nitrogens with two attached hydrogens (primary N) is 1. The summed E-state index contributed by atoms with van der Waals surface area (Å²) in [5, 5.41) is 0.514. The molecule has 0 spiro atoms. The normalized spacial score (nSPS) is 16.9. The Morgan fingerprint density at radius 2 is 2.07 bits per heavy atom. The van der Waals surface area contributed by atoms with E-state index >= 15 is 0 Å². The van der Waals surface area contributed by atoms with Crippen molar-refractivity contribution in [1.82, 2.24) is 0 Å². The van der Waals surface area contributed by atoms with E-state index < -0.39 is 6.29 Å². The summed E-state index contributed by atoms with van der Waals surface area (Å²) in [6, 6.07) is 12.7. The van der Waals surface area contributed by atoms with Crippen LogP contribution in [-0.2, 0) is 17.1 Å². The highest BCUT2D eigenvalue weighted by Crippen LogP contribution is 2.37. The fourth-order valence-electron chi connectivity index (χ4n) is 2.79. The molecule has 1 heterocycles. The van der Waals surface area contributed by atoms with Crippen LogP contribution in [0.1, 0.15) is 43.2 Å². The maximum Gasteiger partial charge on any atom is 0.227 e. The molecule has 4 nitrogen and oxygen atoms in total. The second-order valence-corrected chi connectivity index (χ2v) is 7.91. The number of fused-ring (bicyclic) bond motifs is 1. The number of benzene rings is 2. The van der Waals surface area contributed by atoms with E-state index in [4.69, 9.17) is 15.2 Å². The van der Waals surface area contributed by atoms with Gasteiger partial charge in [-0.05, 0) is 24.5 Å². The number of ether oxygens (including phenoxy) is 2. The molecule has 0 radical (unpaired) electrons. The van der Waals surface area contributed by atoms with Crippen molar-refractivity contribution in [3.05, 3.63) is 65.0 Å². The van der Waals surface area contributed by atoms with Crippen molar-refractivity contribution >= 4 is 16.9 Å². The van der Waals surface area contributed by atoms with Gasteiger partial charge in [0.1, 0.15) is 11.6 Å². The number of nitrogens with zero attached hydrogens (tertiary/aromatic N) is 1. The van der Waals surface area contributed by atoms with Crippen molar-refractivity contribution in [3.8, 4) is 5.75 Å². The highest BCUT2D eigenvalue weighted by Gasteiger charge is 2.25. The van der Waals surface area contributed by atoms with E-state index in [1.54, 1.807) is 0 Å². The molecule has 3 rings (SSSR count). The summed E-state index contributed by atoms with van der Waals surface area (Å²) in [5.74, 6) is 1.47. The highest BCUT2D eigenvalue weighted by molar-refractivity contribution is 8.13. The number of hydrogen-bond donors (Lipinski definition) is 1. The molecule has 2 N–H and O–H groups in total. The minimum absolute atomic E-state index is 0.301.